The quantitative estimate of drug-likeness (QED) is 0.476. The SMILES string of the molecule is CCN1C(=O)C(=O)N(CC(=O)N(C)CC(=O)NC2CC2)C1=O. The zero-order valence-electron chi connectivity index (χ0n) is 12.5. The van der Waals surface area contributed by atoms with Gasteiger partial charge in [0.25, 0.3) is 0 Å². The Labute approximate surface area is 127 Å². The highest BCUT2D eigenvalue weighted by molar-refractivity contribution is 6.45. The maximum atomic E-state index is 12.0. The second-order valence-corrected chi connectivity index (χ2v) is 5.31. The van der Waals surface area contributed by atoms with Gasteiger partial charge in [0.2, 0.25) is 11.8 Å². The molecule has 1 saturated carbocycles. The summed E-state index contributed by atoms with van der Waals surface area (Å²) in [4.78, 5) is 61.2. The van der Waals surface area contributed by atoms with Crippen LogP contribution in [0.4, 0.5) is 4.79 Å². The molecule has 0 bridgehead atoms. The van der Waals surface area contributed by atoms with Crippen LogP contribution in [0.25, 0.3) is 0 Å². The van der Waals surface area contributed by atoms with Gasteiger partial charge in [-0.3, -0.25) is 24.1 Å². The number of hydrogen-bond acceptors (Lipinski definition) is 5. The molecule has 9 heteroatoms. The smallest absolute Gasteiger partial charge is 0.334 e. The molecule has 2 rings (SSSR count). The molecule has 1 heterocycles. The molecule has 22 heavy (non-hydrogen) atoms. The first-order valence-electron chi connectivity index (χ1n) is 7.05. The lowest BCUT2D eigenvalue weighted by molar-refractivity contribution is -0.145. The molecule has 0 spiro atoms. The predicted molar refractivity (Wildman–Crippen MR) is 73.3 cm³/mol. The number of nitrogens with zero attached hydrogens (tertiary/aromatic N) is 3. The van der Waals surface area contributed by atoms with Crippen molar-refractivity contribution in [3.05, 3.63) is 0 Å². The summed E-state index contributed by atoms with van der Waals surface area (Å²) in [7, 11) is 1.40. The molecule has 0 atom stereocenters. The fraction of sp³-hybridized carbons (Fsp3) is 0.615. The molecule has 1 saturated heterocycles. The van der Waals surface area contributed by atoms with Crippen molar-refractivity contribution >= 4 is 29.7 Å². The molecule has 0 aromatic rings. The van der Waals surface area contributed by atoms with Crippen LogP contribution in [-0.2, 0) is 19.2 Å². The molecule has 6 amide bonds. The van der Waals surface area contributed by atoms with Gasteiger partial charge in [-0.15, -0.1) is 0 Å². The summed E-state index contributed by atoms with van der Waals surface area (Å²) >= 11 is 0. The van der Waals surface area contributed by atoms with Crippen LogP contribution in [0.3, 0.4) is 0 Å². The van der Waals surface area contributed by atoms with Gasteiger partial charge in [-0.05, 0) is 19.8 Å². The van der Waals surface area contributed by atoms with Crippen molar-refractivity contribution in [3.8, 4) is 0 Å². The van der Waals surface area contributed by atoms with Crippen molar-refractivity contribution < 1.29 is 24.0 Å². The monoisotopic (exact) mass is 310 g/mol. The number of amides is 6. The summed E-state index contributed by atoms with van der Waals surface area (Å²) in [6.07, 6.45) is 1.88. The Bertz CT molecular complexity index is 543. The first-order chi connectivity index (χ1) is 10.3. The summed E-state index contributed by atoms with van der Waals surface area (Å²) in [6, 6.07) is -0.616. The average Bonchev–Trinajstić information content (AvgIpc) is 3.24. The Morgan fingerprint density at radius 1 is 1.18 bits per heavy atom. The lowest BCUT2D eigenvalue weighted by Crippen LogP contribution is -2.45. The molecule has 0 radical (unpaired) electrons. The van der Waals surface area contributed by atoms with Crippen LogP contribution in [-0.4, -0.2) is 77.1 Å². The molecule has 1 aliphatic heterocycles. The predicted octanol–water partition coefficient (Wildman–Crippen LogP) is -1.47. The number of carbonyl (C=O) groups excluding carboxylic acids is 5. The number of urea groups is 1. The highest BCUT2D eigenvalue weighted by Crippen LogP contribution is 2.18. The number of likely N-dealkylation sites (N-methyl/N-ethyl adjacent to an activating group) is 2. The zero-order valence-corrected chi connectivity index (χ0v) is 12.5. The van der Waals surface area contributed by atoms with Crippen LogP contribution in [0.15, 0.2) is 0 Å². The average molecular weight is 310 g/mol. The van der Waals surface area contributed by atoms with Gasteiger partial charge in [-0.1, -0.05) is 0 Å². The van der Waals surface area contributed by atoms with Crippen molar-refractivity contribution in [1.82, 2.24) is 20.0 Å². The standard InChI is InChI=1S/C13H18N4O5/c1-3-16-11(20)12(21)17(13(16)22)7-10(19)15(2)6-9(18)14-8-4-5-8/h8H,3-7H2,1-2H3,(H,14,18). The van der Waals surface area contributed by atoms with Crippen molar-refractivity contribution in [2.45, 2.75) is 25.8 Å². The van der Waals surface area contributed by atoms with Crippen LogP contribution in [0.1, 0.15) is 19.8 Å². The number of nitrogens with one attached hydrogen (secondary N) is 1. The highest BCUT2D eigenvalue weighted by atomic mass is 16.2. The maximum absolute atomic E-state index is 12.0. The molecule has 1 aliphatic carbocycles. The summed E-state index contributed by atoms with van der Waals surface area (Å²) in [5, 5.41) is 2.73. The van der Waals surface area contributed by atoms with E-state index in [-0.39, 0.29) is 25.0 Å². The van der Waals surface area contributed by atoms with Gasteiger partial charge in [-0.25, -0.2) is 9.69 Å². The Morgan fingerprint density at radius 3 is 2.27 bits per heavy atom. The topological polar surface area (TPSA) is 107 Å². The van der Waals surface area contributed by atoms with Gasteiger partial charge in [0.1, 0.15) is 6.54 Å². The molecule has 0 aromatic heterocycles. The fourth-order valence-electron chi connectivity index (χ4n) is 2.03. The van der Waals surface area contributed by atoms with Gasteiger partial charge in [0.15, 0.2) is 0 Å². The molecule has 0 aromatic carbocycles. The number of hydrogen-bond donors (Lipinski definition) is 1. The van der Waals surface area contributed by atoms with E-state index in [2.05, 4.69) is 5.32 Å². The number of imide groups is 2. The van der Waals surface area contributed by atoms with Crippen LogP contribution in [0.2, 0.25) is 0 Å². The first kappa shape index (κ1) is 15.9. The Kier molecular flexibility index (Phi) is 4.43. The van der Waals surface area contributed by atoms with Crippen LogP contribution in [0, 0.1) is 0 Å². The summed E-state index contributed by atoms with van der Waals surface area (Å²) < 4.78 is 0. The van der Waals surface area contributed by atoms with Gasteiger partial charge < -0.3 is 10.2 Å². The number of rotatable bonds is 6. The normalized spacial score (nSPS) is 18.0. The van der Waals surface area contributed by atoms with E-state index in [0.29, 0.717) is 4.90 Å². The van der Waals surface area contributed by atoms with E-state index < -0.39 is 30.3 Å². The summed E-state index contributed by atoms with van der Waals surface area (Å²) in [5.41, 5.74) is 0. The molecule has 1 N–H and O–H groups in total. The van der Waals surface area contributed by atoms with Gasteiger partial charge in [0.05, 0.1) is 6.54 Å². The van der Waals surface area contributed by atoms with Crippen molar-refractivity contribution in [2.75, 3.05) is 26.7 Å². The lowest BCUT2D eigenvalue weighted by atomic mass is 10.4. The van der Waals surface area contributed by atoms with Gasteiger partial charge in [-0.2, -0.15) is 0 Å². The molecule has 120 valence electrons. The highest BCUT2D eigenvalue weighted by Gasteiger charge is 2.44. The zero-order chi connectivity index (χ0) is 16.4. The molecular formula is C13H18N4O5. The Balaban J connectivity index is 1.90. The molecule has 0 unspecified atom stereocenters. The molecular weight excluding hydrogens is 292 g/mol. The number of carbonyl (C=O) groups is 5. The van der Waals surface area contributed by atoms with Crippen molar-refractivity contribution in [1.29, 1.82) is 0 Å². The van der Waals surface area contributed by atoms with E-state index in [0.717, 1.165) is 22.6 Å². The summed E-state index contributed by atoms with van der Waals surface area (Å²) in [6.45, 7) is 0.917. The van der Waals surface area contributed by atoms with E-state index in [1.165, 1.54) is 7.05 Å². The minimum Gasteiger partial charge on any atom is -0.352 e. The third-order valence-corrected chi connectivity index (χ3v) is 3.49. The lowest BCUT2D eigenvalue weighted by Gasteiger charge is -2.20. The van der Waals surface area contributed by atoms with E-state index in [1.54, 1.807) is 6.92 Å². The fourth-order valence-corrected chi connectivity index (χ4v) is 2.03. The third-order valence-electron chi connectivity index (χ3n) is 3.49. The first-order valence-corrected chi connectivity index (χ1v) is 7.05. The van der Waals surface area contributed by atoms with E-state index in [4.69, 9.17) is 0 Å². The van der Waals surface area contributed by atoms with Crippen LogP contribution < -0.4 is 5.32 Å². The van der Waals surface area contributed by atoms with Crippen molar-refractivity contribution in [2.24, 2.45) is 0 Å². The second kappa shape index (κ2) is 6.12. The van der Waals surface area contributed by atoms with Crippen LogP contribution >= 0.6 is 0 Å². The molecule has 2 fully saturated rings. The van der Waals surface area contributed by atoms with E-state index >= 15 is 0 Å². The maximum Gasteiger partial charge on any atom is 0.334 e. The summed E-state index contributed by atoms with van der Waals surface area (Å²) in [5.74, 6) is -2.83. The minimum atomic E-state index is -1.02. The van der Waals surface area contributed by atoms with E-state index in [1.807, 2.05) is 0 Å². The third kappa shape index (κ3) is 3.23. The second-order valence-electron chi connectivity index (χ2n) is 5.31. The van der Waals surface area contributed by atoms with E-state index in [9.17, 15) is 24.0 Å². The van der Waals surface area contributed by atoms with Crippen LogP contribution in [0.5, 0.6) is 0 Å². The van der Waals surface area contributed by atoms with Crippen molar-refractivity contribution in [3.63, 3.8) is 0 Å². The molecule has 2 aliphatic rings. The van der Waals surface area contributed by atoms with Gasteiger partial charge >= 0.3 is 17.8 Å². The Hall–Kier alpha value is -2.45. The minimum absolute atomic E-state index is 0.0632. The Morgan fingerprint density at radius 2 is 1.77 bits per heavy atom. The van der Waals surface area contributed by atoms with Gasteiger partial charge in [0, 0.05) is 19.6 Å². The molecule has 9 nitrogen and oxygen atoms in total. The largest absolute Gasteiger partial charge is 0.352 e.